The predicted octanol–water partition coefficient (Wildman–Crippen LogP) is -0.118. The third kappa shape index (κ3) is 7.77. The predicted molar refractivity (Wildman–Crippen MR) is 36.6 cm³/mol. The van der Waals surface area contributed by atoms with Crippen molar-refractivity contribution in [3.05, 3.63) is 0 Å². The number of rotatable bonds is 5. The summed E-state index contributed by atoms with van der Waals surface area (Å²) in [5, 5.41) is 19.3. The summed E-state index contributed by atoms with van der Waals surface area (Å²) in [5.41, 5.74) is 0. The standard InChI is InChI=1S/C6H12F3NO2/c7-6(8,9)1-2-10-3-5(12)4-11/h5,10-12H,1-4H2. The SMILES string of the molecule is OCC(O)CNCCC(F)(F)F. The van der Waals surface area contributed by atoms with Crippen molar-refractivity contribution < 1.29 is 23.4 Å². The average molecular weight is 187 g/mol. The van der Waals surface area contributed by atoms with E-state index in [0.29, 0.717) is 0 Å². The second-order valence-electron chi connectivity index (χ2n) is 2.41. The monoisotopic (exact) mass is 187 g/mol. The van der Waals surface area contributed by atoms with Crippen molar-refractivity contribution in [2.75, 3.05) is 19.7 Å². The number of aliphatic hydroxyl groups is 2. The maximum absolute atomic E-state index is 11.5. The number of alkyl halides is 3. The Balaban J connectivity index is 3.22. The highest BCUT2D eigenvalue weighted by atomic mass is 19.4. The van der Waals surface area contributed by atoms with E-state index >= 15 is 0 Å². The zero-order valence-corrected chi connectivity index (χ0v) is 6.43. The van der Waals surface area contributed by atoms with Crippen molar-refractivity contribution in [3.63, 3.8) is 0 Å². The molecule has 0 aromatic heterocycles. The van der Waals surface area contributed by atoms with Crippen molar-refractivity contribution in [2.24, 2.45) is 0 Å². The first-order valence-electron chi connectivity index (χ1n) is 3.52. The Morgan fingerprint density at radius 2 is 1.92 bits per heavy atom. The van der Waals surface area contributed by atoms with Crippen LogP contribution in [-0.2, 0) is 0 Å². The maximum Gasteiger partial charge on any atom is 0.390 e. The molecule has 1 unspecified atom stereocenters. The molecule has 6 heteroatoms. The van der Waals surface area contributed by atoms with Crippen molar-refractivity contribution in [1.29, 1.82) is 0 Å². The molecular weight excluding hydrogens is 175 g/mol. The van der Waals surface area contributed by atoms with Crippen LogP contribution in [0.5, 0.6) is 0 Å². The Bertz CT molecular complexity index is 118. The van der Waals surface area contributed by atoms with E-state index in [0.717, 1.165) is 0 Å². The van der Waals surface area contributed by atoms with E-state index in [2.05, 4.69) is 5.32 Å². The summed E-state index contributed by atoms with van der Waals surface area (Å²) in [6.07, 6.45) is -6.08. The highest BCUT2D eigenvalue weighted by Gasteiger charge is 2.25. The van der Waals surface area contributed by atoms with Gasteiger partial charge in [0.25, 0.3) is 0 Å². The molecule has 0 aromatic carbocycles. The molecule has 0 bridgehead atoms. The minimum Gasteiger partial charge on any atom is -0.394 e. The maximum atomic E-state index is 11.5. The molecular formula is C6H12F3NO2. The molecule has 0 aliphatic rings. The summed E-state index contributed by atoms with van der Waals surface area (Å²) in [4.78, 5) is 0. The minimum atomic E-state index is -4.17. The second-order valence-corrected chi connectivity index (χ2v) is 2.41. The Hall–Kier alpha value is -0.330. The minimum absolute atomic E-state index is 0.0212. The van der Waals surface area contributed by atoms with Gasteiger partial charge in [-0.25, -0.2) is 0 Å². The van der Waals surface area contributed by atoms with E-state index in [9.17, 15) is 13.2 Å². The van der Waals surface area contributed by atoms with Gasteiger partial charge in [-0.1, -0.05) is 0 Å². The highest BCUT2D eigenvalue weighted by molar-refractivity contribution is 4.59. The topological polar surface area (TPSA) is 52.5 Å². The molecule has 0 heterocycles. The van der Waals surface area contributed by atoms with Crippen molar-refractivity contribution >= 4 is 0 Å². The van der Waals surface area contributed by atoms with Gasteiger partial charge in [0.1, 0.15) is 0 Å². The molecule has 74 valence electrons. The summed E-state index contributed by atoms with van der Waals surface area (Å²) < 4.78 is 34.5. The summed E-state index contributed by atoms with van der Waals surface area (Å²) in [6, 6.07) is 0. The lowest BCUT2D eigenvalue weighted by Crippen LogP contribution is -2.31. The fourth-order valence-corrected chi connectivity index (χ4v) is 0.563. The van der Waals surface area contributed by atoms with E-state index in [1.54, 1.807) is 0 Å². The molecule has 0 radical (unpaired) electrons. The lowest BCUT2D eigenvalue weighted by atomic mass is 10.3. The summed E-state index contributed by atoms with van der Waals surface area (Å²) in [5.74, 6) is 0. The fraction of sp³-hybridized carbons (Fsp3) is 1.00. The van der Waals surface area contributed by atoms with Gasteiger partial charge >= 0.3 is 6.18 Å². The lowest BCUT2D eigenvalue weighted by Gasteiger charge is -2.09. The van der Waals surface area contributed by atoms with Crippen LogP contribution in [0.4, 0.5) is 13.2 Å². The van der Waals surface area contributed by atoms with E-state index < -0.39 is 25.3 Å². The Morgan fingerprint density at radius 1 is 1.33 bits per heavy atom. The summed E-state index contributed by atoms with van der Waals surface area (Å²) in [6.45, 7) is -0.702. The van der Waals surface area contributed by atoms with Crippen molar-refractivity contribution in [3.8, 4) is 0 Å². The van der Waals surface area contributed by atoms with Crippen LogP contribution in [0.15, 0.2) is 0 Å². The Kier molecular flexibility index (Phi) is 5.19. The Morgan fingerprint density at radius 3 is 2.33 bits per heavy atom. The zero-order valence-electron chi connectivity index (χ0n) is 6.43. The molecule has 0 rings (SSSR count). The normalized spacial score (nSPS) is 14.8. The molecule has 3 nitrogen and oxygen atoms in total. The van der Waals surface area contributed by atoms with Gasteiger partial charge in [0, 0.05) is 13.1 Å². The summed E-state index contributed by atoms with van der Waals surface area (Å²) in [7, 11) is 0. The summed E-state index contributed by atoms with van der Waals surface area (Å²) >= 11 is 0. The fourth-order valence-electron chi connectivity index (χ4n) is 0.563. The zero-order chi connectivity index (χ0) is 9.61. The van der Waals surface area contributed by atoms with Crippen molar-refractivity contribution in [2.45, 2.75) is 18.7 Å². The molecule has 3 N–H and O–H groups in total. The quantitative estimate of drug-likeness (QED) is 0.526. The number of hydrogen-bond acceptors (Lipinski definition) is 3. The largest absolute Gasteiger partial charge is 0.394 e. The van der Waals surface area contributed by atoms with Crippen LogP contribution in [0, 0.1) is 0 Å². The molecule has 0 aliphatic heterocycles. The van der Waals surface area contributed by atoms with Gasteiger partial charge < -0.3 is 15.5 Å². The lowest BCUT2D eigenvalue weighted by molar-refractivity contribution is -0.133. The first-order chi connectivity index (χ1) is 5.45. The molecule has 0 fully saturated rings. The highest BCUT2D eigenvalue weighted by Crippen LogP contribution is 2.17. The number of halogens is 3. The van der Waals surface area contributed by atoms with E-state index in [4.69, 9.17) is 10.2 Å². The molecule has 0 saturated heterocycles. The second kappa shape index (κ2) is 5.34. The van der Waals surface area contributed by atoms with Crippen LogP contribution in [0.3, 0.4) is 0 Å². The molecule has 0 saturated carbocycles. The molecule has 0 aromatic rings. The van der Waals surface area contributed by atoms with Gasteiger partial charge in [0.05, 0.1) is 19.1 Å². The third-order valence-electron chi connectivity index (χ3n) is 1.18. The van der Waals surface area contributed by atoms with Crippen LogP contribution in [0.25, 0.3) is 0 Å². The number of hydrogen-bond donors (Lipinski definition) is 3. The first-order valence-corrected chi connectivity index (χ1v) is 3.52. The third-order valence-corrected chi connectivity index (χ3v) is 1.18. The van der Waals surface area contributed by atoms with Crippen LogP contribution in [-0.4, -0.2) is 42.2 Å². The molecule has 12 heavy (non-hydrogen) atoms. The average Bonchev–Trinajstić information content (AvgIpc) is 1.96. The van der Waals surface area contributed by atoms with Crippen LogP contribution >= 0.6 is 0 Å². The van der Waals surface area contributed by atoms with Gasteiger partial charge in [0.2, 0.25) is 0 Å². The van der Waals surface area contributed by atoms with Gasteiger partial charge in [-0.2, -0.15) is 13.2 Å². The van der Waals surface area contributed by atoms with Gasteiger partial charge in [0.15, 0.2) is 0 Å². The first kappa shape index (κ1) is 11.7. The van der Waals surface area contributed by atoms with E-state index in [-0.39, 0.29) is 13.1 Å². The smallest absolute Gasteiger partial charge is 0.390 e. The van der Waals surface area contributed by atoms with E-state index in [1.807, 2.05) is 0 Å². The molecule has 0 spiro atoms. The van der Waals surface area contributed by atoms with Crippen LogP contribution < -0.4 is 5.32 Å². The molecule has 0 amide bonds. The van der Waals surface area contributed by atoms with E-state index in [1.165, 1.54) is 0 Å². The number of nitrogens with one attached hydrogen (secondary N) is 1. The van der Waals surface area contributed by atoms with Gasteiger partial charge in [-0.15, -0.1) is 0 Å². The van der Waals surface area contributed by atoms with Crippen molar-refractivity contribution in [1.82, 2.24) is 5.32 Å². The van der Waals surface area contributed by atoms with Crippen LogP contribution in [0.1, 0.15) is 6.42 Å². The molecule has 1 atom stereocenters. The van der Waals surface area contributed by atoms with Gasteiger partial charge in [-0.05, 0) is 0 Å². The Labute approximate surface area is 68.2 Å². The molecule has 0 aliphatic carbocycles. The number of aliphatic hydroxyl groups excluding tert-OH is 2. The van der Waals surface area contributed by atoms with Gasteiger partial charge in [-0.3, -0.25) is 0 Å². The van der Waals surface area contributed by atoms with Crippen LogP contribution in [0.2, 0.25) is 0 Å².